The number of esters is 1. The van der Waals surface area contributed by atoms with Gasteiger partial charge in [0.15, 0.2) is 0 Å². The highest BCUT2D eigenvalue weighted by molar-refractivity contribution is 6.32. The van der Waals surface area contributed by atoms with E-state index in [1.54, 1.807) is 18.2 Å². The lowest BCUT2D eigenvalue weighted by Crippen LogP contribution is -2.33. The van der Waals surface area contributed by atoms with E-state index in [9.17, 15) is 14.4 Å². The molecule has 0 saturated carbocycles. The van der Waals surface area contributed by atoms with Crippen LogP contribution in [0.15, 0.2) is 47.6 Å². The summed E-state index contributed by atoms with van der Waals surface area (Å²) in [4.78, 5) is 43.5. The van der Waals surface area contributed by atoms with Crippen LogP contribution in [-0.2, 0) is 19.2 Å². The molecule has 2 heterocycles. The summed E-state index contributed by atoms with van der Waals surface area (Å²) in [5.74, 6) is -0.999. The van der Waals surface area contributed by atoms with Gasteiger partial charge < -0.3 is 19.0 Å². The van der Waals surface area contributed by atoms with Gasteiger partial charge in [-0.25, -0.2) is 4.90 Å². The summed E-state index contributed by atoms with van der Waals surface area (Å²) in [7, 11) is 3.02. The van der Waals surface area contributed by atoms with Crippen LogP contribution < -0.4 is 19.1 Å². The number of amides is 2. The van der Waals surface area contributed by atoms with Crippen LogP contribution in [0.2, 0.25) is 0 Å². The van der Waals surface area contributed by atoms with E-state index in [2.05, 4.69) is 5.16 Å². The predicted octanol–water partition coefficient (Wildman–Crippen LogP) is 1.92. The van der Waals surface area contributed by atoms with Gasteiger partial charge in [0.1, 0.15) is 28.9 Å². The number of hydrogen-bond acceptors (Lipinski definition) is 8. The number of methoxy groups -OCH3 is 2. The molecule has 4 rings (SSSR count). The van der Waals surface area contributed by atoms with E-state index in [0.717, 1.165) is 4.90 Å². The van der Waals surface area contributed by atoms with Crippen molar-refractivity contribution in [2.75, 3.05) is 19.1 Å². The van der Waals surface area contributed by atoms with Gasteiger partial charge in [0.25, 0.3) is 5.91 Å². The van der Waals surface area contributed by atoms with Gasteiger partial charge in [-0.2, -0.15) is 0 Å². The molecule has 2 aromatic carbocycles. The van der Waals surface area contributed by atoms with Gasteiger partial charge in [-0.3, -0.25) is 14.4 Å². The lowest BCUT2D eigenvalue weighted by molar-refractivity contribution is -0.132. The van der Waals surface area contributed by atoms with Crippen molar-refractivity contribution in [3.8, 4) is 17.2 Å². The van der Waals surface area contributed by atoms with Gasteiger partial charge in [0, 0.05) is 18.6 Å². The molecule has 1 saturated heterocycles. The molecule has 2 aliphatic rings. The Bertz CT molecular complexity index is 1060. The van der Waals surface area contributed by atoms with Crippen molar-refractivity contribution < 1.29 is 33.4 Å². The molecule has 0 radical (unpaired) electrons. The highest BCUT2D eigenvalue weighted by Gasteiger charge is 2.56. The van der Waals surface area contributed by atoms with E-state index in [1.807, 2.05) is 0 Å². The minimum absolute atomic E-state index is 0.312. The number of anilines is 1. The summed E-state index contributed by atoms with van der Waals surface area (Å²) in [6.07, 6.45) is -1.05. The Morgan fingerprint density at radius 1 is 1.00 bits per heavy atom. The van der Waals surface area contributed by atoms with E-state index in [-0.39, 0.29) is 0 Å². The number of nitrogens with zero attached hydrogens (tertiary/aromatic N) is 2. The maximum absolute atomic E-state index is 13.2. The number of oxime groups is 1. The third-order valence-electron chi connectivity index (χ3n) is 4.85. The van der Waals surface area contributed by atoms with Gasteiger partial charge in [0.05, 0.1) is 19.9 Å². The third-order valence-corrected chi connectivity index (χ3v) is 4.85. The first-order valence-electron chi connectivity index (χ1n) is 9.07. The van der Waals surface area contributed by atoms with E-state index < -0.39 is 29.8 Å². The summed E-state index contributed by atoms with van der Waals surface area (Å²) in [6, 6.07) is 11.1. The lowest BCUT2D eigenvalue weighted by Gasteiger charge is -2.16. The molecule has 2 amide bonds. The highest BCUT2D eigenvalue weighted by atomic mass is 16.7. The number of fused-ring (bicyclic) bond motifs is 1. The van der Waals surface area contributed by atoms with Gasteiger partial charge in [-0.1, -0.05) is 5.16 Å². The second kappa shape index (κ2) is 7.51. The number of benzene rings is 2. The molecule has 9 heteroatoms. The van der Waals surface area contributed by atoms with E-state index in [0.29, 0.717) is 34.2 Å². The maximum Gasteiger partial charge on any atom is 0.308 e. The number of rotatable bonds is 5. The van der Waals surface area contributed by atoms with Crippen LogP contribution in [0.1, 0.15) is 12.5 Å². The molecule has 0 aliphatic carbocycles. The van der Waals surface area contributed by atoms with E-state index >= 15 is 0 Å². The lowest BCUT2D eigenvalue weighted by atomic mass is 9.93. The Morgan fingerprint density at radius 3 is 2.33 bits per heavy atom. The Morgan fingerprint density at radius 2 is 1.70 bits per heavy atom. The fourth-order valence-electron chi connectivity index (χ4n) is 3.49. The molecule has 1 fully saturated rings. The van der Waals surface area contributed by atoms with Gasteiger partial charge in [-0.05, 0) is 36.4 Å². The van der Waals surface area contributed by atoms with E-state index in [1.165, 1.54) is 45.4 Å². The third kappa shape index (κ3) is 3.14. The molecule has 2 aromatic rings. The molecule has 154 valence electrons. The first kappa shape index (κ1) is 19.4. The van der Waals surface area contributed by atoms with Crippen LogP contribution in [-0.4, -0.2) is 43.8 Å². The number of hydrogen-bond donors (Lipinski definition) is 0. The smallest absolute Gasteiger partial charge is 0.308 e. The van der Waals surface area contributed by atoms with Gasteiger partial charge in [-0.15, -0.1) is 0 Å². The molecule has 0 unspecified atom stereocenters. The van der Waals surface area contributed by atoms with Crippen molar-refractivity contribution in [2.24, 2.45) is 11.1 Å². The molecule has 0 aromatic heterocycles. The van der Waals surface area contributed by atoms with Crippen LogP contribution in [0.25, 0.3) is 0 Å². The van der Waals surface area contributed by atoms with Crippen molar-refractivity contribution >= 4 is 29.2 Å². The molecule has 0 bridgehead atoms. The first-order chi connectivity index (χ1) is 14.4. The zero-order valence-corrected chi connectivity index (χ0v) is 16.4. The molecular formula is C21H18N2O7. The Labute approximate surface area is 171 Å². The van der Waals surface area contributed by atoms with Crippen LogP contribution in [0.5, 0.6) is 17.2 Å². The number of ether oxygens (including phenoxy) is 3. The standard InChI is InChI=1S/C21H18N2O7/c1-11(24)29-13-6-4-12(5-7-13)23-20(25)17-18(22-30-19(17)21(23)26)15-9-8-14(27-2)10-16(15)28-3/h4-10,17,19H,1-3H3/t17-,19+/m1/s1. The van der Waals surface area contributed by atoms with Crippen LogP contribution in [0.4, 0.5) is 5.69 Å². The van der Waals surface area contributed by atoms with Crippen molar-refractivity contribution in [2.45, 2.75) is 13.0 Å². The summed E-state index contributed by atoms with van der Waals surface area (Å²) < 4.78 is 15.6. The van der Waals surface area contributed by atoms with Crippen molar-refractivity contribution in [1.82, 2.24) is 0 Å². The monoisotopic (exact) mass is 410 g/mol. The summed E-state index contributed by atoms with van der Waals surface area (Å²) in [5, 5.41) is 4.00. The second-order valence-corrected chi connectivity index (χ2v) is 6.65. The first-order valence-corrected chi connectivity index (χ1v) is 9.07. The minimum atomic E-state index is -1.05. The van der Waals surface area contributed by atoms with Crippen LogP contribution >= 0.6 is 0 Å². The molecule has 0 spiro atoms. The number of imide groups is 1. The van der Waals surface area contributed by atoms with Gasteiger partial charge >= 0.3 is 5.97 Å². The van der Waals surface area contributed by atoms with Crippen molar-refractivity contribution in [1.29, 1.82) is 0 Å². The predicted molar refractivity (Wildman–Crippen MR) is 105 cm³/mol. The number of carbonyl (C=O) groups is 3. The zero-order chi connectivity index (χ0) is 21.4. The zero-order valence-electron chi connectivity index (χ0n) is 16.4. The molecule has 2 atom stereocenters. The molecule has 9 nitrogen and oxygen atoms in total. The summed E-state index contributed by atoms with van der Waals surface area (Å²) in [5.41, 5.74) is 1.20. The van der Waals surface area contributed by atoms with E-state index in [4.69, 9.17) is 19.0 Å². The Hall–Kier alpha value is -3.88. The fourth-order valence-corrected chi connectivity index (χ4v) is 3.49. The average molecular weight is 410 g/mol. The van der Waals surface area contributed by atoms with Crippen LogP contribution in [0, 0.1) is 5.92 Å². The topological polar surface area (TPSA) is 104 Å². The van der Waals surface area contributed by atoms with Crippen molar-refractivity contribution in [3.05, 3.63) is 48.0 Å². The average Bonchev–Trinajstić information content (AvgIpc) is 3.28. The largest absolute Gasteiger partial charge is 0.497 e. The molecule has 30 heavy (non-hydrogen) atoms. The maximum atomic E-state index is 13.2. The highest BCUT2D eigenvalue weighted by Crippen LogP contribution is 2.38. The SMILES string of the molecule is COc1ccc(C2=NO[C@@H]3C(=O)N(c4ccc(OC(C)=O)cc4)C(=O)[C@H]23)c(OC)c1. The Balaban J connectivity index is 1.64. The minimum Gasteiger partial charge on any atom is -0.497 e. The molecule has 0 N–H and O–H groups in total. The van der Waals surface area contributed by atoms with Crippen LogP contribution in [0.3, 0.4) is 0 Å². The summed E-state index contributed by atoms with van der Waals surface area (Å²) in [6.45, 7) is 1.29. The van der Waals surface area contributed by atoms with Gasteiger partial charge in [0.2, 0.25) is 12.0 Å². The summed E-state index contributed by atoms with van der Waals surface area (Å²) >= 11 is 0. The normalized spacial score (nSPS) is 19.8. The quantitative estimate of drug-likeness (QED) is 0.421. The number of carbonyl (C=O) groups excluding carboxylic acids is 3. The Kier molecular flexibility index (Phi) is 4.86. The fraction of sp³-hybridized carbons (Fsp3) is 0.238. The molecular weight excluding hydrogens is 392 g/mol. The molecule has 2 aliphatic heterocycles. The second-order valence-electron chi connectivity index (χ2n) is 6.65. The van der Waals surface area contributed by atoms with Crippen molar-refractivity contribution in [3.63, 3.8) is 0 Å².